The summed E-state index contributed by atoms with van der Waals surface area (Å²) in [6.45, 7) is 3.43. The van der Waals surface area contributed by atoms with Gasteiger partial charge in [0.1, 0.15) is 10.0 Å². The Labute approximate surface area is 126 Å². The first-order valence-corrected chi connectivity index (χ1v) is 8.44. The van der Waals surface area contributed by atoms with Crippen LogP contribution in [0.4, 0.5) is 4.39 Å². The first-order chi connectivity index (χ1) is 9.21. The lowest BCUT2D eigenvalue weighted by Gasteiger charge is -2.26. The molecular formula is C13H13ClFNO2S2. The minimum Gasteiger partial charge on any atom is -0.207 e. The second kappa shape index (κ2) is 5.44. The lowest BCUT2D eigenvalue weighted by atomic mass is 9.96. The number of hydrogen-bond donors (Lipinski definition) is 1. The van der Waals surface area contributed by atoms with Gasteiger partial charge in [0.25, 0.3) is 10.0 Å². The Morgan fingerprint density at radius 2 is 1.75 bits per heavy atom. The van der Waals surface area contributed by atoms with Gasteiger partial charge in [0, 0.05) is 0 Å². The Morgan fingerprint density at radius 3 is 2.25 bits per heavy atom. The minimum atomic E-state index is -3.67. The second-order valence-corrected chi connectivity index (χ2v) is 8.42. The first-order valence-electron chi connectivity index (χ1n) is 5.76. The van der Waals surface area contributed by atoms with Gasteiger partial charge in [-0.15, -0.1) is 11.3 Å². The van der Waals surface area contributed by atoms with Crippen LogP contribution in [0.1, 0.15) is 19.4 Å². The van der Waals surface area contributed by atoms with E-state index in [2.05, 4.69) is 4.72 Å². The molecule has 0 aliphatic carbocycles. The molecule has 0 saturated carbocycles. The summed E-state index contributed by atoms with van der Waals surface area (Å²) in [4.78, 5) is 0. The molecule has 108 valence electrons. The van der Waals surface area contributed by atoms with E-state index in [0.29, 0.717) is 9.90 Å². The van der Waals surface area contributed by atoms with Crippen molar-refractivity contribution < 1.29 is 12.8 Å². The van der Waals surface area contributed by atoms with Crippen molar-refractivity contribution >= 4 is 33.0 Å². The van der Waals surface area contributed by atoms with E-state index < -0.39 is 15.6 Å². The highest BCUT2D eigenvalue weighted by atomic mass is 35.5. The maximum absolute atomic E-state index is 12.9. The predicted molar refractivity (Wildman–Crippen MR) is 79.1 cm³/mol. The number of halogens is 2. The molecule has 0 fully saturated rings. The number of nitrogens with one attached hydrogen (secondary N) is 1. The summed E-state index contributed by atoms with van der Waals surface area (Å²) >= 11 is 6.74. The maximum Gasteiger partial charge on any atom is 0.250 e. The van der Waals surface area contributed by atoms with E-state index in [9.17, 15) is 12.8 Å². The van der Waals surface area contributed by atoms with Crippen LogP contribution in [-0.2, 0) is 15.6 Å². The molecule has 1 N–H and O–H groups in total. The lowest BCUT2D eigenvalue weighted by Crippen LogP contribution is -2.40. The minimum absolute atomic E-state index is 0.151. The Morgan fingerprint density at radius 1 is 1.15 bits per heavy atom. The summed E-state index contributed by atoms with van der Waals surface area (Å²) in [6.07, 6.45) is 0. The molecule has 0 aliphatic rings. The number of hydrogen-bond acceptors (Lipinski definition) is 3. The highest BCUT2D eigenvalue weighted by molar-refractivity contribution is 7.91. The summed E-state index contributed by atoms with van der Waals surface area (Å²) in [5, 5.41) is 0. The van der Waals surface area contributed by atoms with Crippen LogP contribution >= 0.6 is 22.9 Å². The van der Waals surface area contributed by atoms with Crippen molar-refractivity contribution in [1.82, 2.24) is 4.72 Å². The van der Waals surface area contributed by atoms with Crippen molar-refractivity contribution in [1.29, 1.82) is 0 Å². The number of rotatable bonds is 4. The van der Waals surface area contributed by atoms with E-state index >= 15 is 0 Å². The topological polar surface area (TPSA) is 46.2 Å². The van der Waals surface area contributed by atoms with E-state index in [-0.39, 0.29) is 10.0 Å². The van der Waals surface area contributed by atoms with Crippen molar-refractivity contribution in [3.63, 3.8) is 0 Å². The molecule has 0 unspecified atom stereocenters. The Hall–Kier alpha value is -0.950. The fourth-order valence-corrected chi connectivity index (χ4v) is 4.64. The van der Waals surface area contributed by atoms with Gasteiger partial charge in [-0.1, -0.05) is 23.7 Å². The summed E-state index contributed by atoms with van der Waals surface area (Å²) in [7, 11) is -3.67. The van der Waals surface area contributed by atoms with E-state index in [1.54, 1.807) is 26.0 Å². The zero-order chi connectivity index (χ0) is 15.0. The fraction of sp³-hybridized carbons (Fsp3) is 0.231. The van der Waals surface area contributed by atoms with Crippen LogP contribution in [-0.4, -0.2) is 8.42 Å². The van der Waals surface area contributed by atoms with Gasteiger partial charge in [-0.3, -0.25) is 0 Å². The Kier molecular flexibility index (Phi) is 4.20. The van der Waals surface area contributed by atoms with Gasteiger partial charge < -0.3 is 0 Å². The summed E-state index contributed by atoms with van der Waals surface area (Å²) in [6, 6.07) is 8.70. The van der Waals surface area contributed by atoms with Crippen LogP contribution in [0.2, 0.25) is 4.34 Å². The molecule has 2 rings (SSSR count). The number of sulfonamides is 1. The molecule has 0 spiro atoms. The molecule has 2 aromatic rings. The van der Waals surface area contributed by atoms with Gasteiger partial charge in [0.05, 0.1) is 9.88 Å². The standard InChI is InChI=1S/C13H13ClFNO2S2/c1-13(2,9-3-5-10(15)6-4-9)16-20(17,18)12-8-7-11(14)19-12/h3-8,16H,1-2H3. The van der Waals surface area contributed by atoms with Gasteiger partial charge in [-0.05, 0) is 43.7 Å². The largest absolute Gasteiger partial charge is 0.250 e. The zero-order valence-corrected chi connectivity index (χ0v) is 13.2. The van der Waals surface area contributed by atoms with Gasteiger partial charge in [0.2, 0.25) is 0 Å². The zero-order valence-electron chi connectivity index (χ0n) is 10.9. The van der Waals surface area contributed by atoms with Gasteiger partial charge in [-0.2, -0.15) is 0 Å². The van der Waals surface area contributed by atoms with Crippen molar-refractivity contribution in [2.45, 2.75) is 23.6 Å². The molecule has 3 nitrogen and oxygen atoms in total. The predicted octanol–water partition coefficient (Wildman–Crippen LogP) is 3.75. The molecule has 0 radical (unpaired) electrons. The quantitative estimate of drug-likeness (QED) is 0.926. The molecule has 0 aliphatic heterocycles. The van der Waals surface area contributed by atoms with Crippen LogP contribution in [0.5, 0.6) is 0 Å². The molecule has 1 aromatic carbocycles. The third kappa shape index (κ3) is 3.38. The number of benzene rings is 1. The molecule has 1 heterocycles. The van der Waals surface area contributed by atoms with Crippen molar-refractivity contribution in [2.75, 3.05) is 0 Å². The van der Waals surface area contributed by atoms with Gasteiger partial charge in [-0.25, -0.2) is 17.5 Å². The summed E-state index contributed by atoms with van der Waals surface area (Å²) in [5.41, 5.74) is -0.187. The molecule has 7 heteroatoms. The molecule has 0 amide bonds. The molecule has 20 heavy (non-hydrogen) atoms. The molecule has 0 saturated heterocycles. The molecule has 1 aromatic heterocycles. The molecule has 0 bridgehead atoms. The smallest absolute Gasteiger partial charge is 0.207 e. The Balaban J connectivity index is 2.30. The van der Waals surface area contributed by atoms with E-state index in [4.69, 9.17) is 11.6 Å². The van der Waals surface area contributed by atoms with E-state index in [0.717, 1.165) is 11.3 Å². The number of thiophene rings is 1. The van der Waals surface area contributed by atoms with Crippen LogP contribution in [0.3, 0.4) is 0 Å². The normalized spacial score (nSPS) is 12.6. The average Bonchev–Trinajstić information content (AvgIpc) is 2.76. The maximum atomic E-state index is 12.9. The summed E-state index contributed by atoms with van der Waals surface area (Å²) in [5.74, 6) is -0.363. The fourth-order valence-electron chi connectivity index (χ4n) is 1.75. The van der Waals surface area contributed by atoms with Gasteiger partial charge in [0.15, 0.2) is 0 Å². The third-order valence-corrected chi connectivity index (χ3v) is 6.15. The third-order valence-electron chi connectivity index (χ3n) is 2.77. The monoisotopic (exact) mass is 333 g/mol. The van der Waals surface area contributed by atoms with E-state index in [1.165, 1.54) is 24.3 Å². The molecular weight excluding hydrogens is 321 g/mol. The SMILES string of the molecule is CC(C)(NS(=O)(=O)c1ccc(Cl)s1)c1ccc(F)cc1. The average molecular weight is 334 g/mol. The van der Waals surface area contributed by atoms with Crippen LogP contribution in [0, 0.1) is 5.82 Å². The van der Waals surface area contributed by atoms with Crippen LogP contribution < -0.4 is 4.72 Å². The summed E-state index contributed by atoms with van der Waals surface area (Å²) < 4.78 is 40.6. The van der Waals surface area contributed by atoms with Crippen molar-refractivity contribution in [2.24, 2.45) is 0 Å². The Bertz CT molecular complexity index is 708. The highest BCUT2D eigenvalue weighted by Crippen LogP contribution is 2.28. The van der Waals surface area contributed by atoms with E-state index in [1.807, 2.05) is 0 Å². The second-order valence-electron chi connectivity index (χ2n) is 4.80. The highest BCUT2D eigenvalue weighted by Gasteiger charge is 2.28. The van der Waals surface area contributed by atoms with Gasteiger partial charge >= 0.3 is 0 Å². The first kappa shape index (κ1) is 15.4. The van der Waals surface area contributed by atoms with Crippen molar-refractivity contribution in [3.05, 3.63) is 52.1 Å². The van der Waals surface area contributed by atoms with Crippen LogP contribution in [0.15, 0.2) is 40.6 Å². The lowest BCUT2D eigenvalue weighted by molar-refractivity contribution is 0.472. The van der Waals surface area contributed by atoms with Crippen molar-refractivity contribution in [3.8, 4) is 0 Å². The van der Waals surface area contributed by atoms with Crippen LogP contribution in [0.25, 0.3) is 0 Å². The molecule has 0 atom stereocenters.